The van der Waals surface area contributed by atoms with Crippen molar-refractivity contribution in [3.8, 4) is 0 Å². The van der Waals surface area contributed by atoms with Gasteiger partial charge in [0.2, 0.25) is 10.0 Å². The van der Waals surface area contributed by atoms with Crippen LogP contribution < -0.4 is 5.32 Å². The molecule has 1 N–H and O–H groups in total. The van der Waals surface area contributed by atoms with E-state index in [1.165, 1.54) is 28.6 Å². The van der Waals surface area contributed by atoms with Crippen molar-refractivity contribution in [2.24, 2.45) is 5.92 Å². The summed E-state index contributed by atoms with van der Waals surface area (Å²) in [6, 6.07) is 13.5. The number of sulfonamides is 1. The number of rotatable bonds is 7. The van der Waals surface area contributed by atoms with E-state index in [4.69, 9.17) is 4.74 Å². The number of hydrogen-bond acceptors (Lipinski definition) is 5. The third kappa shape index (κ3) is 5.51. The maximum atomic E-state index is 13.1. The molecule has 1 heterocycles. The minimum absolute atomic E-state index is 0.0270. The van der Waals surface area contributed by atoms with Gasteiger partial charge in [-0.05, 0) is 48.6 Å². The molecule has 0 aliphatic carbocycles. The molecule has 0 radical (unpaired) electrons. The lowest BCUT2D eigenvalue weighted by atomic mass is 10.0. The van der Waals surface area contributed by atoms with Crippen LogP contribution in [0, 0.1) is 5.92 Å². The molecule has 0 unspecified atom stereocenters. The SMILES string of the molecule is CC(C)[C@@H](C)NC(=O)COC(=O)c1cccc(S(=O)(=O)N2CCc3ccccc3C2)c1. The standard InChI is InChI=1S/C23H28N2O5S/c1-16(2)17(3)24-22(26)15-30-23(27)19-9-6-10-21(13-19)31(28,29)25-12-11-18-7-4-5-8-20(18)14-25/h4-10,13,16-17H,11-12,14-15H2,1-3H3,(H,24,26)/t17-/m1/s1. The van der Waals surface area contributed by atoms with Crippen molar-refractivity contribution in [2.75, 3.05) is 13.2 Å². The molecule has 0 spiro atoms. The molecule has 0 aromatic heterocycles. The number of amides is 1. The molecule has 8 heteroatoms. The number of ether oxygens (including phenoxy) is 1. The Morgan fingerprint density at radius 3 is 2.48 bits per heavy atom. The highest BCUT2D eigenvalue weighted by molar-refractivity contribution is 7.89. The number of benzene rings is 2. The summed E-state index contributed by atoms with van der Waals surface area (Å²) in [5, 5.41) is 2.75. The van der Waals surface area contributed by atoms with Crippen LogP contribution in [-0.4, -0.2) is 43.8 Å². The number of nitrogens with zero attached hydrogens (tertiary/aromatic N) is 1. The van der Waals surface area contributed by atoms with Crippen LogP contribution in [0.4, 0.5) is 0 Å². The van der Waals surface area contributed by atoms with E-state index in [0.717, 1.165) is 11.1 Å². The molecular weight excluding hydrogens is 416 g/mol. The third-order valence-electron chi connectivity index (χ3n) is 5.53. The molecule has 31 heavy (non-hydrogen) atoms. The first-order chi connectivity index (χ1) is 14.7. The topological polar surface area (TPSA) is 92.8 Å². The maximum absolute atomic E-state index is 13.1. The second-order valence-electron chi connectivity index (χ2n) is 8.06. The summed E-state index contributed by atoms with van der Waals surface area (Å²) in [6.45, 7) is 6.07. The lowest BCUT2D eigenvalue weighted by Gasteiger charge is -2.28. The van der Waals surface area contributed by atoms with Crippen molar-refractivity contribution >= 4 is 21.9 Å². The quantitative estimate of drug-likeness (QED) is 0.663. The zero-order valence-corrected chi connectivity index (χ0v) is 18.8. The third-order valence-corrected chi connectivity index (χ3v) is 7.37. The smallest absolute Gasteiger partial charge is 0.338 e. The van der Waals surface area contributed by atoms with Gasteiger partial charge in [-0.3, -0.25) is 4.79 Å². The Bertz CT molecular complexity index is 1070. The van der Waals surface area contributed by atoms with Gasteiger partial charge in [-0.1, -0.05) is 44.2 Å². The molecule has 3 rings (SSSR count). The minimum Gasteiger partial charge on any atom is -0.452 e. The van der Waals surface area contributed by atoms with Crippen LogP contribution >= 0.6 is 0 Å². The molecule has 2 aromatic carbocycles. The lowest BCUT2D eigenvalue weighted by molar-refractivity contribution is -0.125. The molecule has 166 valence electrons. The van der Waals surface area contributed by atoms with Gasteiger partial charge in [0, 0.05) is 19.1 Å². The number of carbonyl (C=O) groups excluding carboxylic acids is 2. The number of hydrogen-bond donors (Lipinski definition) is 1. The van der Waals surface area contributed by atoms with Crippen LogP contribution in [0.25, 0.3) is 0 Å². The molecule has 0 bridgehead atoms. The Morgan fingerprint density at radius 1 is 1.06 bits per heavy atom. The van der Waals surface area contributed by atoms with E-state index in [-0.39, 0.29) is 22.4 Å². The van der Waals surface area contributed by atoms with E-state index in [9.17, 15) is 18.0 Å². The van der Waals surface area contributed by atoms with Crippen LogP contribution in [0.2, 0.25) is 0 Å². The van der Waals surface area contributed by atoms with Gasteiger partial charge in [0.1, 0.15) is 0 Å². The number of esters is 1. The van der Waals surface area contributed by atoms with Crippen molar-refractivity contribution in [3.05, 3.63) is 65.2 Å². The van der Waals surface area contributed by atoms with Gasteiger partial charge in [0.15, 0.2) is 6.61 Å². The molecule has 0 saturated heterocycles. The van der Waals surface area contributed by atoms with Crippen molar-refractivity contribution in [3.63, 3.8) is 0 Å². The normalized spacial score (nSPS) is 15.2. The van der Waals surface area contributed by atoms with Gasteiger partial charge in [0.25, 0.3) is 5.91 Å². The Balaban J connectivity index is 1.68. The number of nitrogens with one attached hydrogen (secondary N) is 1. The molecule has 1 amide bonds. The van der Waals surface area contributed by atoms with E-state index in [1.807, 2.05) is 45.0 Å². The fraction of sp³-hybridized carbons (Fsp3) is 0.391. The summed E-state index contributed by atoms with van der Waals surface area (Å²) in [4.78, 5) is 24.3. The summed E-state index contributed by atoms with van der Waals surface area (Å²) in [6.07, 6.45) is 0.640. The first-order valence-corrected chi connectivity index (χ1v) is 11.8. The number of fused-ring (bicyclic) bond motifs is 1. The highest BCUT2D eigenvalue weighted by atomic mass is 32.2. The fourth-order valence-corrected chi connectivity index (χ4v) is 4.75. The van der Waals surface area contributed by atoms with E-state index in [0.29, 0.717) is 19.5 Å². The highest BCUT2D eigenvalue weighted by Gasteiger charge is 2.29. The molecule has 1 aliphatic heterocycles. The average molecular weight is 445 g/mol. The highest BCUT2D eigenvalue weighted by Crippen LogP contribution is 2.25. The van der Waals surface area contributed by atoms with E-state index < -0.39 is 28.5 Å². The molecule has 1 atom stereocenters. The zero-order valence-electron chi connectivity index (χ0n) is 18.0. The number of carbonyl (C=O) groups is 2. The van der Waals surface area contributed by atoms with Crippen LogP contribution in [-0.2, 0) is 32.5 Å². The van der Waals surface area contributed by atoms with E-state index in [2.05, 4.69) is 5.32 Å². The fourth-order valence-electron chi connectivity index (χ4n) is 3.28. The van der Waals surface area contributed by atoms with Crippen molar-refractivity contribution in [1.82, 2.24) is 9.62 Å². The van der Waals surface area contributed by atoms with Gasteiger partial charge in [-0.2, -0.15) is 4.31 Å². The molecule has 1 aliphatic rings. The summed E-state index contributed by atoms with van der Waals surface area (Å²) in [5.41, 5.74) is 2.22. The van der Waals surface area contributed by atoms with Crippen molar-refractivity contribution in [2.45, 2.75) is 44.7 Å². The Kier molecular flexibility index (Phi) is 7.12. The molecule has 0 fully saturated rings. The van der Waals surface area contributed by atoms with E-state index in [1.54, 1.807) is 0 Å². The maximum Gasteiger partial charge on any atom is 0.338 e. The minimum atomic E-state index is -3.77. The summed E-state index contributed by atoms with van der Waals surface area (Å²) < 4.78 is 32.8. The summed E-state index contributed by atoms with van der Waals surface area (Å²) in [5.74, 6) is -0.887. The zero-order chi connectivity index (χ0) is 22.6. The van der Waals surface area contributed by atoms with Gasteiger partial charge >= 0.3 is 5.97 Å². The van der Waals surface area contributed by atoms with Crippen LogP contribution in [0.3, 0.4) is 0 Å². The lowest BCUT2D eigenvalue weighted by Crippen LogP contribution is -2.38. The Morgan fingerprint density at radius 2 is 1.77 bits per heavy atom. The predicted octanol–water partition coefficient (Wildman–Crippen LogP) is 2.75. The van der Waals surface area contributed by atoms with Crippen molar-refractivity contribution in [1.29, 1.82) is 0 Å². The Labute approximate surface area is 183 Å². The summed E-state index contributed by atoms with van der Waals surface area (Å²) in [7, 11) is -3.77. The second-order valence-corrected chi connectivity index (χ2v) is 10.00. The van der Waals surface area contributed by atoms with Crippen LogP contribution in [0.5, 0.6) is 0 Å². The monoisotopic (exact) mass is 444 g/mol. The molecular formula is C23H28N2O5S. The largest absolute Gasteiger partial charge is 0.452 e. The molecule has 0 saturated carbocycles. The van der Waals surface area contributed by atoms with Crippen molar-refractivity contribution < 1.29 is 22.7 Å². The summed E-state index contributed by atoms with van der Waals surface area (Å²) >= 11 is 0. The second kappa shape index (κ2) is 9.62. The molecule has 7 nitrogen and oxygen atoms in total. The first kappa shape index (κ1) is 23.0. The first-order valence-electron chi connectivity index (χ1n) is 10.3. The van der Waals surface area contributed by atoms with Crippen LogP contribution in [0.15, 0.2) is 53.4 Å². The van der Waals surface area contributed by atoms with Gasteiger partial charge in [-0.25, -0.2) is 13.2 Å². The van der Waals surface area contributed by atoms with Gasteiger partial charge in [-0.15, -0.1) is 0 Å². The predicted molar refractivity (Wildman–Crippen MR) is 117 cm³/mol. The van der Waals surface area contributed by atoms with Crippen LogP contribution in [0.1, 0.15) is 42.3 Å². The Hall–Kier alpha value is -2.71. The van der Waals surface area contributed by atoms with Gasteiger partial charge < -0.3 is 10.1 Å². The molecule has 2 aromatic rings. The van der Waals surface area contributed by atoms with E-state index >= 15 is 0 Å². The van der Waals surface area contributed by atoms with Gasteiger partial charge in [0.05, 0.1) is 10.5 Å². The average Bonchev–Trinajstić information content (AvgIpc) is 2.77.